The number of benzene rings is 1. The molecule has 1 aliphatic heterocycles. The SMILES string of the molecule is [2H]c1cc(Cl)cc(-c2cc(=O)n(-c3nn(C(F)F)c4c3NC(=O)C(C)CCCCc3cc-4ccn3)cn2)c1-n1cc(Cl)nn1. The van der Waals surface area contributed by atoms with Gasteiger partial charge in [-0.3, -0.25) is 14.6 Å². The van der Waals surface area contributed by atoms with Crippen molar-refractivity contribution in [1.82, 2.24) is 39.3 Å². The molecule has 1 N–H and O–H groups in total. The van der Waals surface area contributed by atoms with Gasteiger partial charge >= 0.3 is 6.55 Å². The highest BCUT2D eigenvalue weighted by atomic mass is 35.5. The van der Waals surface area contributed by atoms with E-state index in [1.165, 1.54) is 29.2 Å². The van der Waals surface area contributed by atoms with Gasteiger partial charge in [-0.15, -0.1) is 10.2 Å². The summed E-state index contributed by atoms with van der Waals surface area (Å²) < 4.78 is 40.1. The molecule has 5 heterocycles. The van der Waals surface area contributed by atoms with Crippen molar-refractivity contribution in [3.8, 4) is 34.0 Å². The molecule has 11 nitrogen and oxygen atoms in total. The van der Waals surface area contributed by atoms with E-state index in [0.29, 0.717) is 28.8 Å². The number of aromatic nitrogens is 8. The van der Waals surface area contributed by atoms with E-state index in [1.807, 2.05) is 0 Å². The van der Waals surface area contributed by atoms with E-state index in [1.54, 1.807) is 19.1 Å². The molecule has 43 heavy (non-hydrogen) atoms. The molecule has 0 spiro atoms. The van der Waals surface area contributed by atoms with E-state index < -0.39 is 23.9 Å². The molecule has 0 aliphatic carbocycles. The van der Waals surface area contributed by atoms with E-state index in [0.717, 1.165) is 29.8 Å². The quantitative estimate of drug-likeness (QED) is 0.269. The molecule has 0 fully saturated rings. The maximum absolute atomic E-state index is 14.5. The average Bonchev–Trinajstić information content (AvgIpc) is 3.58. The Morgan fingerprint density at radius 1 is 1.14 bits per heavy atom. The Bertz CT molecular complexity index is 1960. The first-order valence-corrected chi connectivity index (χ1v) is 14.0. The lowest BCUT2D eigenvalue weighted by atomic mass is 9.99. The third kappa shape index (κ3) is 5.65. The van der Waals surface area contributed by atoms with Crippen LogP contribution in [0.2, 0.25) is 10.2 Å². The highest BCUT2D eigenvalue weighted by molar-refractivity contribution is 6.31. The molecule has 15 heteroatoms. The zero-order valence-electron chi connectivity index (χ0n) is 23.5. The molecule has 2 bridgehead atoms. The van der Waals surface area contributed by atoms with Gasteiger partial charge in [0.15, 0.2) is 11.0 Å². The van der Waals surface area contributed by atoms with Crippen molar-refractivity contribution in [1.29, 1.82) is 0 Å². The van der Waals surface area contributed by atoms with Crippen LogP contribution in [0.25, 0.3) is 34.0 Å². The van der Waals surface area contributed by atoms with Gasteiger partial charge in [0.05, 0.1) is 18.9 Å². The lowest BCUT2D eigenvalue weighted by Gasteiger charge is -2.16. The fourth-order valence-electron chi connectivity index (χ4n) is 4.93. The van der Waals surface area contributed by atoms with E-state index in [4.69, 9.17) is 24.6 Å². The normalized spacial score (nSPS) is 15.8. The Balaban J connectivity index is 1.54. The van der Waals surface area contributed by atoms with Crippen LogP contribution in [0.1, 0.15) is 39.8 Å². The number of rotatable bonds is 4. The molecule has 1 aromatic carbocycles. The van der Waals surface area contributed by atoms with E-state index in [2.05, 4.69) is 30.7 Å². The summed E-state index contributed by atoms with van der Waals surface area (Å²) in [5.74, 6) is -1.07. The number of alkyl halides is 2. The predicted octanol–water partition coefficient (Wildman–Crippen LogP) is 5.74. The number of carbonyl (C=O) groups is 1. The van der Waals surface area contributed by atoms with Crippen LogP contribution in [0.5, 0.6) is 0 Å². The molecular weight excluding hydrogens is 603 g/mol. The molecule has 220 valence electrons. The van der Waals surface area contributed by atoms with Crippen molar-refractivity contribution in [2.75, 3.05) is 5.32 Å². The van der Waals surface area contributed by atoms with E-state index in [9.17, 15) is 18.4 Å². The largest absolute Gasteiger partial charge is 0.333 e. The second-order valence-corrected chi connectivity index (χ2v) is 10.8. The Kier molecular flexibility index (Phi) is 7.41. The summed E-state index contributed by atoms with van der Waals surface area (Å²) >= 11 is 12.2. The number of pyridine rings is 1. The predicted molar refractivity (Wildman–Crippen MR) is 156 cm³/mol. The molecular formula is C28H23Cl2F2N9O2. The van der Waals surface area contributed by atoms with Gasteiger partial charge in [0.2, 0.25) is 5.91 Å². The molecule has 0 radical (unpaired) electrons. The second kappa shape index (κ2) is 11.7. The summed E-state index contributed by atoms with van der Waals surface area (Å²) in [7, 11) is 0. The molecule has 1 aliphatic rings. The number of halogens is 4. The van der Waals surface area contributed by atoms with Crippen LogP contribution in [0.3, 0.4) is 0 Å². The van der Waals surface area contributed by atoms with Crippen molar-refractivity contribution in [3.63, 3.8) is 0 Å². The fraction of sp³-hybridized carbons (Fsp3) is 0.250. The van der Waals surface area contributed by atoms with Crippen LogP contribution >= 0.6 is 23.2 Å². The number of amides is 1. The molecule has 1 unspecified atom stereocenters. The van der Waals surface area contributed by atoms with Gasteiger partial charge in [-0.2, -0.15) is 13.5 Å². The smallest absolute Gasteiger partial charge is 0.321 e. The Morgan fingerprint density at radius 2 is 1.98 bits per heavy atom. The van der Waals surface area contributed by atoms with Crippen molar-refractivity contribution in [2.24, 2.45) is 5.92 Å². The molecule has 1 amide bonds. The number of hydrogen-bond acceptors (Lipinski definition) is 7. The standard InChI is InChI=1S/C28H23Cl2F2N9O2/c1-15-4-2-3-5-18-10-16(8-9-33-18)25-24(35-27(15)43)26(37-41(25)28(31)32)39-14-34-20(12-23(39)42)19-11-17(29)6-7-21(19)40-13-22(30)36-38-40/h6-15,28H,2-5H2,1H3,(H,35,43)/i7D. The molecule has 0 saturated carbocycles. The lowest BCUT2D eigenvalue weighted by molar-refractivity contribution is -0.119. The molecule has 0 saturated heterocycles. The third-order valence-corrected chi connectivity index (χ3v) is 7.47. The van der Waals surface area contributed by atoms with Crippen LogP contribution < -0.4 is 10.9 Å². The number of fused-ring (bicyclic) bond motifs is 4. The zero-order chi connectivity index (χ0) is 31.1. The Labute approximate surface area is 254 Å². The third-order valence-electron chi connectivity index (χ3n) is 7.08. The summed E-state index contributed by atoms with van der Waals surface area (Å²) in [6.45, 7) is -1.35. The summed E-state index contributed by atoms with van der Waals surface area (Å²) in [6.07, 6.45) is 6.76. The van der Waals surface area contributed by atoms with E-state index >= 15 is 0 Å². The van der Waals surface area contributed by atoms with E-state index in [-0.39, 0.29) is 50.4 Å². The minimum atomic E-state index is -3.10. The van der Waals surface area contributed by atoms with Crippen LogP contribution in [0.4, 0.5) is 14.5 Å². The van der Waals surface area contributed by atoms with Crippen molar-refractivity contribution < 1.29 is 14.9 Å². The first kappa shape index (κ1) is 27.3. The summed E-state index contributed by atoms with van der Waals surface area (Å²) in [4.78, 5) is 35.6. The van der Waals surface area contributed by atoms with Gasteiger partial charge in [-0.25, -0.2) is 14.2 Å². The first-order chi connectivity index (χ1) is 21.1. The number of nitrogens with zero attached hydrogens (tertiary/aromatic N) is 8. The molecule has 4 aromatic heterocycles. The Morgan fingerprint density at radius 3 is 2.72 bits per heavy atom. The topological polar surface area (TPSA) is 125 Å². The Hall–Kier alpha value is -4.49. The summed E-state index contributed by atoms with van der Waals surface area (Å²) in [5.41, 5.74) is 0.813. The maximum atomic E-state index is 14.5. The highest BCUT2D eigenvalue weighted by Gasteiger charge is 2.29. The number of nitrogens with one attached hydrogen (secondary N) is 1. The van der Waals surface area contributed by atoms with Gasteiger partial charge in [0, 0.05) is 40.0 Å². The number of carbonyl (C=O) groups excluding carboxylic acids is 1. The van der Waals surface area contributed by atoms with Crippen LogP contribution in [-0.2, 0) is 11.2 Å². The minimum Gasteiger partial charge on any atom is -0.321 e. The highest BCUT2D eigenvalue weighted by Crippen LogP contribution is 2.37. The minimum absolute atomic E-state index is 0.0376. The first-order valence-electron chi connectivity index (χ1n) is 13.8. The average molecular weight is 627 g/mol. The molecule has 1 atom stereocenters. The van der Waals surface area contributed by atoms with Gasteiger partial charge in [0.25, 0.3) is 5.56 Å². The van der Waals surface area contributed by atoms with Crippen molar-refractivity contribution in [3.05, 3.63) is 81.3 Å². The summed E-state index contributed by atoms with van der Waals surface area (Å²) in [6, 6.07) is 7.22. The van der Waals surface area contributed by atoms with Crippen LogP contribution in [-0.4, -0.2) is 45.2 Å². The van der Waals surface area contributed by atoms with Gasteiger partial charge in [0.1, 0.15) is 17.7 Å². The summed E-state index contributed by atoms with van der Waals surface area (Å²) in [5, 5.41) is 14.8. The number of anilines is 1. The zero-order valence-corrected chi connectivity index (χ0v) is 24.0. The van der Waals surface area contributed by atoms with Crippen molar-refractivity contribution in [2.45, 2.75) is 39.2 Å². The fourth-order valence-corrected chi connectivity index (χ4v) is 5.22. The molecule has 6 rings (SSSR count). The van der Waals surface area contributed by atoms with Gasteiger partial charge < -0.3 is 5.32 Å². The lowest BCUT2D eigenvalue weighted by Crippen LogP contribution is -2.24. The van der Waals surface area contributed by atoms with Crippen molar-refractivity contribution >= 4 is 34.8 Å². The van der Waals surface area contributed by atoms with Gasteiger partial charge in [-0.05, 0) is 49.6 Å². The van der Waals surface area contributed by atoms with Crippen LogP contribution in [0.15, 0.2) is 59.9 Å². The molecule has 5 aromatic rings. The van der Waals surface area contributed by atoms with Crippen LogP contribution in [0, 0.1) is 5.92 Å². The number of hydrogen-bond donors (Lipinski definition) is 1. The maximum Gasteiger partial charge on any atom is 0.333 e. The second-order valence-electron chi connectivity index (χ2n) is 9.99. The van der Waals surface area contributed by atoms with Gasteiger partial charge in [-0.1, -0.05) is 41.8 Å². The number of aryl methyl sites for hydroxylation is 1. The monoisotopic (exact) mass is 626 g/mol.